The summed E-state index contributed by atoms with van der Waals surface area (Å²) >= 11 is 0. The summed E-state index contributed by atoms with van der Waals surface area (Å²) in [6.45, 7) is 5.23. The van der Waals surface area contributed by atoms with Gasteiger partial charge in [0.2, 0.25) is 0 Å². The third kappa shape index (κ3) is 3.67. The van der Waals surface area contributed by atoms with Crippen LogP contribution in [0.4, 0.5) is 17.3 Å². The van der Waals surface area contributed by atoms with Gasteiger partial charge in [-0.25, -0.2) is 15.0 Å². The molecule has 1 fully saturated rings. The number of anilines is 3. The van der Waals surface area contributed by atoms with E-state index in [-0.39, 0.29) is 0 Å². The average Bonchev–Trinajstić information content (AvgIpc) is 2.81. The highest BCUT2D eigenvalue weighted by Crippen LogP contribution is 2.29. The Balaban J connectivity index is 1.52. The Kier molecular flexibility index (Phi) is 4.94. The summed E-state index contributed by atoms with van der Waals surface area (Å²) in [7, 11) is 0. The van der Waals surface area contributed by atoms with Gasteiger partial charge in [-0.1, -0.05) is 12.1 Å². The first-order valence-electron chi connectivity index (χ1n) is 10.0. The minimum atomic E-state index is 0.661. The highest BCUT2D eigenvalue weighted by molar-refractivity contribution is 5.92. The van der Waals surface area contributed by atoms with E-state index in [1.165, 1.54) is 0 Å². The number of aromatic nitrogens is 4. The zero-order chi connectivity index (χ0) is 20.3. The van der Waals surface area contributed by atoms with Gasteiger partial charge >= 0.3 is 0 Å². The number of pyridine rings is 2. The van der Waals surface area contributed by atoms with E-state index in [0.717, 1.165) is 65.8 Å². The predicted octanol–water partition coefficient (Wildman–Crippen LogP) is 3.98. The van der Waals surface area contributed by atoms with Crippen LogP contribution in [0, 0.1) is 6.92 Å². The van der Waals surface area contributed by atoms with Crippen LogP contribution in [0.3, 0.4) is 0 Å². The molecule has 4 aromatic rings. The van der Waals surface area contributed by atoms with Crippen molar-refractivity contribution >= 4 is 28.2 Å². The van der Waals surface area contributed by atoms with Crippen molar-refractivity contribution in [2.45, 2.75) is 6.92 Å². The van der Waals surface area contributed by atoms with Crippen LogP contribution in [0.15, 0.2) is 60.9 Å². The molecule has 3 aromatic heterocycles. The molecule has 7 nitrogen and oxygen atoms in total. The summed E-state index contributed by atoms with van der Waals surface area (Å²) in [5, 5.41) is 4.45. The highest BCUT2D eigenvalue weighted by Gasteiger charge is 2.15. The van der Waals surface area contributed by atoms with E-state index in [1.807, 2.05) is 49.4 Å². The number of aryl methyl sites for hydroxylation is 1. The Morgan fingerprint density at radius 1 is 0.900 bits per heavy atom. The first kappa shape index (κ1) is 18.4. The Bertz CT molecular complexity index is 1170. The van der Waals surface area contributed by atoms with Gasteiger partial charge in [0.25, 0.3) is 0 Å². The van der Waals surface area contributed by atoms with Crippen LogP contribution < -0.4 is 10.2 Å². The Morgan fingerprint density at radius 2 is 1.70 bits per heavy atom. The molecule has 0 bridgehead atoms. The number of hydrogen-bond donors (Lipinski definition) is 1. The molecule has 7 heteroatoms. The van der Waals surface area contributed by atoms with Crippen molar-refractivity contribution in [3.8, 4) is 11.4 Å². The smallest absolute Gasteiger partial charge is 0.162 e. The van der Waals surface area contributed by atoms with Crippen molar-refractivity contribution in [1.29, 1.82) is 0 Å². The van der Waals surface area contributed by atoms with Gasteiger partial charge in [-0.15, -0.1) is 0 Å². The van der Waals surface area contributed by atoms with Crippen molar-refractivity contribution in [3.63, 3.8) is 0 Å². The maximum atomic E-state index is 5.44. The van der Waals surface area contributed by atoms with Crippen molar-refractivity contribution in [2.75, 3.05) is 36.5 Å². The van der Waals surface area contributed by atoms with Crippen molar-refractivity contribution in [2.24, 2.45) is 0 Å². The summed E-state index contributed by atoms with van der Waals surface area (Å²) in [6.07, 6.45) is 3.50. The Labute approximate surface area is 174 Å². The lowest BCUT2D eigenvalue weighted by atomic mass is 10.2. The van der Waals surface area contributed by atoms with Crippen LogP contribution in [0.1, 0.15) is 5.69 Å². The molecule has 1 aliphatic heterocycles. The van der Waals surface area contributed by atoms with Crippen molar-refractivity contribution in [1.82, 2.24) is 19.9 Å². The first-order chi connectivity index (χ1) is 14.8. The number of nitrogens with zero attached hydrogens (tertiary/aromatic N) is 5. The van der Waals surface area contributed by atoms with Gasteiger partial charge in [0.15, 0.2) is 5.82 Å². The largest absolute Gasteiger partial charge is 0.378 e. The van der Waals surface area contributed by atoms with Crippen LogP contribution in [-0.2, 0) is 4.74 Å². The van der Waals surface area contributed by atoms with Gasteiger partial charge < -0.3 is 15.0 Å². The Morgan fingerprint density at radius 3 is 2.50 bits per heavy atom. The molecule has 1 saturated heterocycles. The quantitative estimate of drug-likeness (QED) is 0.557. The summed E-state index contributed by atoms with van der Waals surface area (Å²) in [5.74, 6) is 2.40. The SMILES string of the molecule is Cc1nc(N2CCOCC2)ccc1Nc1nc(-c2ccncc2)nc2ccccc12. The second kappa shape index (κ2) is 8.04. The maximum absolute atomic E-state index is 5.44. The van der Waals surface area contributed by atoms with Gasteiger partial charge in [0, 0.05) is 36.4 Å². The number of para-hydroxylation sites is 1. The van der Waals surface area contributed by atoms with Crippen LogP contribution in [0.5, 0.6) is 0 Å². The van der Waals surface area contributed by atoms with E-state index in [4.69, 9.17) is 19.7 Å². The molecular weight excluding hydrogens is 376 g/mol. The number of nitrogens with one attached hydrogen (secondary N) is 1. The van der Waals surface area contributed by atoms with Gasteiger partial charge in [0.05, 0.1) is 30.1 Å². The second-order valence-electron chi connectivity index (χ2n) is 7.18. The molecule has 0 saturated carbocycles. The molecule has 0 aliphatic carbocycles. The molecule has 4 heterocycles. The molecule has 0 atom stereocenters. The van der Waals surface area contributed by atoms with E-state index in [2.05, 4.69) is 21.3 Å². The van der Waals surface area contributed by atoms with Gasteiger partial charge in [-0.2, -0.15) is 0 Å². The molecular formula is C23H22N6O. The van der Waals surface area contributed by atoms with E-state index < -0.39 is 0 Å². The molecule has 1 aromatic carbocycles. The minimum absolute atomic E-state index is 0.661. The summed E-state index contributed by atoms with van der Waals surface area (Å²) in [6, 6.07) is 16.0. The molecule has 30 heavy (non-hydrogen) atoms. The zero-order valence-electron chi connectivity index (χ0n) is 16.7. The lowest BCUT2D eigenvalue weighted by Gasteiger charge is -2.28. The van der Waals surface area contributed by atoms with Gasteiger partial charge in [0.1, 0.15) is 11.6 Å². The predicted molar refractivity (Wildman–Crippen MR) is 118 cm³/mol. The van der Waals surface area contributed by atoms with E-state index in [0.29, 0.717) is 5.82 Å². The van der Waals surface area contributed by atoms with Crippen LogP contribution in [-0.4, -0.2) is 46.2 Å². The van der Waals surface area contributed by atoms with E-state index >= 15 is 0 Å². The second-order valence-corrected chi connectivity index (χ2v) is 7.18. The minimum Gasteiger partial charge on any atom is -0.378 e. The van der Waals surface area contributed by atoms with E-state index in [9.17, 15) is 0 Å². The summed E-state index contributed by atoms with van der Waals surface area (Å²) in [5.41, 5.74) is 3.66. The molecule has 150 valence electrons. The van der Waals surface area contributed by atoms with Crippen molar-refractivity contribution in [3.05, 3.63) is 66.6 Å². The number of morpholine rings is 1. The normalized spacial score (nSPS) is 14.1. The molecule has 1 aliphatic rings. The fourth-order valence-corrected chi connectivity index (χ4v) is 3.58. The molecule has 0 unspecified atom stereocenters. The standard InChI is InChI=1S/C23H22N6O/c1-16-19(6-7-21(25-16)29-12-14-30-15-13-29)26-23-18-4-2-3-5-20(18)27-22(28-23)17-8-10-24-11-9-17/h2-11H,12-15H2,1H3,(H,26,27,28). The lowest BCUT2D eigenvalue weighted by molar-refractivity contribution is 0.122. The number of rotatable bonds is 4. The van der Waals surface area contributed by atoms with Crippen LogP contribution in [0.2, 0.25) is 0 Å². The first-order valence-corrected chi connectivity index (χ1v) is 10.0. The fourth-order valence-electron chi connectivity index (χ4n) is 3.58. The fraction of sp³-hybridized carbons (Fsp3) is 0.217. The van der Waals surface area contributed by atoms with Crippen LogP contribution >= 0.6 is 0 Å². The number of fused-ring (bicyclic) bond motifs is 1. The van der Waals surface area contributed by atoms with Gasteiger partial charge in [-0.3, -0.25) is 4.98 Å². The molecule has 5 rings (SSSR count). The topological polar surface area (TPSA) is 76.1 Å². The maximum Gasteiger partial charge on any atom is 0.162 e. The summed E-state index contributed by atoms with van der Waals surface area (Å²) in [4.78, 5) is 20.7. The third-order valence-corrected chi connectivity index (χ3v) is 5.20. The third-order valence-electron chi connectivity index (χ3n) is 5.20. The highest BCUT2D eigenvalue weighted by atomic mass is 16.5. The van der Waals surface area contributed by atoms with Gasteiger partial charge in [-0.05, 0) is 43.3 Å². The van der Waals surface area contributed by atoms with Crippen LogP contribution in [0.25, 0.3) is 22.3 Å². The number of hydrogen-bond acceptors (Lipinski definition) is 7. The molecule has 0 spiro atoms. The molecule has 0 amide bonds. The van der Waals surface area contributed by atoms with E-state index in [1.54, 1.807) is 12.4 Å². The summed E-state index contributed by atoms with van der Waals surface area (Å²) < 4.78 is 5.44. The monoisotopic (exact) mass is 398 g/mol. The molecule has 0 radical (unpaired) electrons. The van der Waals surface area contributed by atoms with Crippen molar-refractivity contribution < 1.29 is 4.74 Å². The lowest BCUT2D eigenvalue weighted by Crippen LogP contribution is -2.36. The average molecular weight is 398 g/mol. The number of benzene rings is 1. The zero-order valence-corrected chi connectivity index (χ0v) is 16.7. The number of ether oxygens (including phenoxy) is 1. The molecule has 1 N–H and O–H groups in total. The Hall–Kier alpha value is -3.58.